The quantitative estimate of drug-likeness (QED) is 0.607. The smallest absolute Gasteiger partial charge is 0.320 e. The van der Waals surface area contributed by atoms with Gasteiger partial charge in [0.1, 0.15) is 0 Å². The molecule has 0 aliphatic heterocycles. The average Bonchev–Trinajstić information content (AvgIpc) is 2.17. The molecule has 0 aromatic heterocycles. The van der Waals surface area contributed by atoms with E-state index in [-0.39, 0.29) is 30.9 Å². The Hall–Kier alpha value is -1.10. The molecule has 0 fully saturated rings. The van der Waals surface area contributed by atoms with Crippen molar-refractivity contribution in [2.24, 2.45) is 0 Å². The van der Waals surface area contributed by atoms with Gasteiger partial charge in [0.25, 0.3) is 0 Å². The molecule has 0 radical (unpaired) electrons. The van der Waals surface area contributed by atoms with E-state index in [1.54, 1.807) is 25.8 Å². The van der Waals surface area contributed by atoms with E-state index in [1.807, 2.05) is 6.92 Å². The van der Waals surface area contributed by atoms with Crippen LogP contribution in [0.15, 0.2) is 0 Å². The molecule has 0 amide bonds. The number of ether oxygens (including phenoxy) is 2. The van der Waals surface area contributed by atoms with Gasteiger partial charge in [-0.2, -0.15) is 0 Å². The van der Waals surface area contributed by atoms with Crippen molar-refractivity contribution >= 4 is 11.9 Å². The third-order valence-corrected chi connectivity index (χ3v) is 2.20. The van der Waals surface area contributed by atoms with Crippen LogP contribution in [0.3, 0.4) is 0 Å². The molecule has 0 heterocycles. The number of nitrogens with zero attached hydrogens (tertiary/aromatic N) is 1. The van der Waals surface area contributed by atoms with E-state index in [4.69, 9.17) is 9.47 Å². The van der Waals surface area contributed by atoms with E-state index in [1.165, 1.54) is 0 Å². The lowest BCUT2D eigenvalue weighted by Gasteiger charge is -2.22. The summed E-state index contributed by atoms with van der Waals surface area (Å²) in [5.74, 6) is -0.522. The van der Waals surface area contributed by atoms with Gasteiger partial charge in [0.2, 0.25) is 0 Å². The standard InChI is InChI=1S/C11H21NO4/c1-5-15-10(13)7-9(3)12(4)8-11(14)16-6-2/h9H,5-8H2,1-4H3. The lowest BCUT2D eigenvalue weighted by Crippen LogP contribution is -2.36. The third kappa shape index (κ3) is 6.40. The van der Waals surface area contributed by atoms with Crippen molar-refractivity contribution in [3.63, 3.8) is 0 Å². The van der Waals surface area contributed by atoms with Crippen molar-refractivity contribution in [1.82, 2.24) is 4.90 Å². The normalized spacial score (nSPS) is 12.3. The number of carbonyl (C=O) groups excluding carboxylic acids is 2. The highest BCUT2D eigenvalue weighted by Crippen LogP contribution is 2.02. The van der Waals surface area contributed by atoms with Gasteiger partial charge in [0.15, 0.2) is 0 Å². The van der Waals surface area contributed by atoms with Crippen LogP contribution in [-0.2, 0) is 19.1 Å². The Labute approximate surface area is 96.7 Å². The fourth-order valence-electron chi connectivity index (χ4n) is 1.18. The Morgan fingerprint density at radius 3 is 2.12 bits per heavy atom. The summed E-state index contributed by atoms with van der Waals surface area (Å²) >= 11 is 0. The molecule has 1 unspecified atom stereocenters. The first kappa shape index (κ1) is 14.9. The van der Waals surface area contributed by atoms with Crippen LogP contribution in [0.4, 0.5) is 0 Å². The van der Waals surface area contributed by atoms with Crippen molar-refractivity contribution in [2.45, 2.75) is 33.2 Å². The molecule has 0 aromatic carbocycles. The molecule has 0 aliphatic carbocycles. The molecule has 94 valence electrons. The largest absolute Gasteiger partial charge is 0.466 e. The summed E-state index contributed by atoms with van der Waals surface area (Å²) in [6.45, 7) is 6.35. The van der Waals surface area contributed by atoms with Crippen molar-refractivity contribution in [1.29, 1.82) is 0 Å². The lowest BCUT2D eigenvalue weighted by molar-refractivity contribution is -0.148. The van der Waals surface area contributed by atoms with Crippen molar-refractivity contribution < 1.29 is 19.1 Å². The summed E-state index contributed by atoms with van der Waals surface area (Å²) in [7, 11) is 1.78. The topological polar surface area (TPSA) is 55.8 Å². The Morgan fingerprint density at radius 1 is 1.12 bits per heavy atom. The van der Waals surface area contributed by atoms with Gasteiger partial charge in [0, 0.05) is 6.04 Å². The summed E-state index contributed by atoms with van der Waals surface area (Å²) in [6, 6.07) is -0.0385. The van der Waals surface area contributed by atoms with E-state index in [9.17, 15) is 9.59 Å². The van der Waals surface area contributed by atoms with E-state index in [2.05, 4.69) is 0 Å². The SMILES string of the molecule is CCOC(=O)CC(C)N(C)CC(=O)OCC. The first-order chi connectivity index (χ1) is 7.51. The van der Waals surface area contributed by atoms with Gasteiger partial charge in [-0.05, 0) is 27.8 Å². The minimum atomic E-state index is -0.277. The summed E-state index contributed by atoms with van der Waals surface area (Å²) in [5, 5.41) is 0. The van der Waals surface area contributed by atoms with Crippen molar-refractivity contribution in [3.8, 4) is 0 Å². The lowest BCUT2D eigenvalue weighted by atomic mass is 10.2. The highest BCUT2D eigenvalue weighted by Gasteiger charge is 2.17. The van der Waals surface area contributed by atoms with Gasteiger partial charge < -0.3 is 9.47 Å². The van der Waals surface area contributed by atoms with Crippen LogP contribution < -0.4 is 0 Å². The highest BCUT2D eigenvalue weighted by atomic mass is 16.5. The maximum Gasteiger partial charge on any atom is 0.320 e. The zero-order chi connectivity index (χ0) is 12.6. The number of carbonyl (C=O) groups is 2. The summed E-state index contributed by atoms with van der Waals surface area (Å²) in [6.07, 6.45) is 0.281. The van der Waals surface area contributed by atoms with Gasteiger partial charge in [0.05, 0.1) is 26.2 Å². The summed E-state index contributed by atoms with van der Waals surface area (Å²) < 4.78 is 9.65. The predicted molar refractivity (Wildman–Crippen MR) is 60.0 cm³/mol. The number of hydrogen-bond donors (Lipinski definition) is 0. The van der Waals surface area contributed by atoms with Crippen molar-refractivity contribution in [3.05, 3.63) is 0 Å². The monoisotopic (exact) mass is 231 g/mol. The van der Waals surface area contributed by atoms with E-state index in [0.29, 0.717) is 13.2 Å². The van der Waals surface area contributed by atoms with Crippen LogP contribution in [0.1, 0.15) is 27.2 Å². The maximum atomic E-state index is 11.2. The first-order valence-electron chi connectivity index (χ1n) is 5.52. The van der Waals surface area contributed by atoms with Crippen LogP contribution >= 0.6 is 0 Å². The second kappa shape index (κ2) is 8.10. The van der Waals surface area contributed by atoms with Crippen LogP contribution in [0.25, 0.3) is 0 Å². The molecule has 0 N–H and O–H groups in total. The molecule has 0 saturated carbocycles. The van der Waals surface area contributed by atoms with Gasteiger partial charge >= 0.3 is 11.9 Å². The predicted octanol–water partition coefficient (Wildman–Crippen LogP) is 0.823. The Morgan fingerprint density at radius 2 is 1.62 bits per heavy atom. The Kier molecular flexibility index (Phi) is 7.54. The summed E-state index contributed by atoms with van der Waals surface area (Å²) in [4.78, 5) is 24.2. The highest BCUT2D eigenvalue weighted by molar-refractivity contribution is 5.72. The molecule has 0 spiro atoms. The van der Waals surface area contributed by atoms with Crippen LogP contribution in [0, 0.1) is 0 Å². The number of hydrogen-bond acceptors (Lipinski definition) is 5. The zero-order valence-electron chi connectivity index (χ0n) is 10.5. The number of esters is 2. The molecule has 0 saturated heterocycles. The van der Waals surface area contributed by atoms with Gasteiger partial charge in [-0.15, -0.1) is 0 Å². The second-order valence-corrected chi connectivity index (χ2v) is 3.58. The molecule has 0 aliphatic rings. The maximum absolute atomic E-state index is 11.2. The molecule has 0 aromatic rings. The average molecular weight is 231 g/mol. The fraction of sp³-hybridized carbons (Fsp3) is 0.818. The van der Waals surface area contributed by atoms with E-state index in [0.717, 1.165) is 0 Å². The van der Waals surface area contributed by atoms with E-state index < -0.39 is 0 Å². The van der Waals surface area contributed by atoms with Gasteiger partial charge in [-0.3, -0.25) is 14.5 Å². The molecule has 0 bridgehead atoms. The molecule has 1 atom stereocenters. The van der Waals surface area contributed by atoms with Crippen molar-refractivity contribution in [2.75, 3.05) is 26.8 Å². The first-order valence-corrected chi connectivity index (χ1v) is 5.52. The van der Waals surface area contributed by atoms with Gasteiger partial charge in [-0.25, -0.2) is 0 Å². The second-order valence-electron chi connectivity index (χ2n) is 3.58. The molecule has 0 rings (SSSR count). The third-order valence-electron chi connectivity index (χ3n) is 2.20. The minimum Gasteiger partial charge on any atom is -0.466 e. The number of rotatable bonds is 7. The van der Waals surface area contributed by atoms with Crippen LogP contribution in [0.2, 0.25) is 0 Å². The molecule has 16 heavy (non-hydrogen) atoms. The number of likely N-dealkylation sites (N-methyl/N-ethyl adjacent to an activating group) is 1. The van der Waals surface area contributed by atoms with Crippen LogP contribution in [-0.4, -0.2) is 49.7 Å². The Balaban J connectivity index is 3.93. The van der Waals surface area contributed by atoms with Crippen LogP contribution in [0.5, 0.6) is 0 Å². The molecule has 5 nitrogen and oxygen atoms in total. The molecular weight excluding hydrogens is 210 g/mol. The fourth-order valence-corrected chi connectivity index (χ4v) is 1.18. The zero-order valence-corrected chi connectivity index (χ0v) is 10.5. The molecular formula is C11H21NO4. The Bertz CT molecular complexity index is 206. The van der Waals surface area contributed by atoms with Gasteiger partial charge in [-0.1, -0.05) is 0 Å². The summed E-state index contributed by atoms with van der Waals surface area (Å²) in [5.41, 5.74) is 0. The van der Waals surface area contributed by atoms with E-state index >= 15 is 0 Å². The minimum absolute atomic E-state index is 0.0385. The molecule has 5 heteroatoms.